The third-order valence-corrected chi connectivity index (χ3v) is 3.98. The Kier molecular flexibility index (Phi) is 4.44. The molecule has 0 spiro atoms. The van der Waals surface area contributed by atoms with Crippen molar-refractivity contribution in [1.82, 2.24) is 10.3 Å². The molecular formula is C19H20N2O2. The number of H-pyrrole nitrogens is 1. The van der Waals surface area contributed by atoms with Crippen LogP contribution < -0.4 is 5.32 Å². The Morgan fingerprint density at radius 1 is 1.17 bits per heavy atom. The molecular weight excluding hydrogens is 288 g/mol. The molecule has 0 saturated carbocycles. The van der Waals surface area contributed by atoms with E-state index >= 15 is 0 Å². The van der Waals surface area contributed by atoms with E-state index in [2.05, 4.69) is 10.3 Å². The molecule has 4 heteroatoms. The normalized spacial score (nSPS) is 12.3. The second-order valence-electron chi connectivity index (χ2n) is 5.73. The number of hydrogen-bond donors (Lipinski definition) is 3. The summed E-state index contributed by atoms with van der Waals surface area (Å²) < 4.78 is 0. The molecule has 118 valence electrons. The maximum atomic E-state index is 12.1. The second-order valence-corrected chi connectivity index (χ2v) is 5.73. The van der Waals surface area contributed by atoms with E-state index in [1.807, 2.05) is 54.7 Å². The third-order valence-electron chi connectivity index (χ3n) is 3.98. The first-order valence-electron chi connectivity index (χ1n) is 7.72. The molecule has 0 saturated heterocycles. The third kappa shape index (κ3) is 3.60. The number of nitrogens with one attached hydrogen (secondary N) is 2. The minimum Gasteiger partial charge on any atom is -0.389 e. The molecule has 1 heterocycles. The fourth-order valence-corrected chi connectivity index (χ4v) is 2.63. The number of aliphatic hydroxyl groups excluding tert-OH is 1. The molecule has 0 aliphatic rings. The van der Waals surface area contributed by atoms with Crippen molar-refractivity contribution in [3.05, 3.63) is 71.4 Å². The number of aliphatic hydroxyl groups is 1. The molecule has 4 nitrogen and oxygen atoms in total. The molecule has 23 heavy (non-hydrogen) atoms. The van der Waals surface area contributed by atoms with Gasteiger partial charge in [-0.3, -0.25) is 4.79 Å². The predicted molar refractivity (Wildman–Crippen MR) is 90.9 cm³/mol. The van der Waals surface area contributed by atoms with Crippen molar-refractivity contribution in [2.24, 2.45) is 0 Å². The van der Waals surface area contributed by atoms with Crippen LogP contribution in [0.4, 0.5) is 0 Å². The predicted octanol–water partition coefficient (Wildman–Crippen LogP) is 3.08. The van der Waals surface area contributed by atoms with Gasteiger partial charge >= 0.3 is 0 Å². The first kappa shape index (κ1) is 15.3. The maximum Gasteiger partial charge on any atom is 0.224 e. The van der Waals surface area contributed by atoms with Crippen LogP contribution in [0, 0.1) is 0 Å². The molecule has 3 rings (SSSR count). The van der Waals surface area contributed by atoms with Crippen LogP contribution >= 0.6 is 0 Å². The number of aromatic amines is 1. The van der Waals surface area contributed by atoms with Gasteiger partial charge in [0.15, 0.2) is 0 Å². The lowest BCUT2D eigenvalue weighted by atomic mass is 10.1. The van der Waals surface area contributed by atoms with Crippen molar-refractivity contribution >= 4 is 16.8 Å². The highest BCUT2D eigenvalue weighted by molar-refractivity contribution is 5.88. The number of rotatable bonds is 5. The molecule has 3 aromatic rings. The summed E-state index contributed by atoms with van der Waals surface area (Å²) in [5, 5.41) is 13.5. The quantitative estimate of drug-likeness (QED) is 0.678. The summed E-state index contributed by atoms with van der Waals surface area (Å²) in [5.41, 5.74) is 3.94. The number of carbonyl (C=O) groups is 1. The van der Waals surface area contributed by atoms with Crippen LogP contribution in [-0.2, 0) is 17.8 Å². The molecule has 0 unspecified atom stereocenters. The van der Waals surface area contributed by atoms with Crippen molar-refractivity contribution in [3.8, 4) is 0 Å². The molecule has 0 bridgehead atoms. The largest absolute Gasteiger partial charge is 0.389 e. The van der Waals surface area contributed by atoms with Crippen LogP contribution in [0.2, 0.25) is 0 Å². The number of amides is 1. The minimum absolute atomic E-state index is 0.00523. The summed E-state index contributed by atoms with van der Waals surface area (Å²) in [6.07, 6.45) is 1.78. The molecule has 0 aliphatic heterocycles. The average molecular weight is 308 g/mol. The van der Waals surface area contributed by atoms with E-state index in [0.29, 0.717) is 13.0 Å². The lowest BCUT2D eigenvalue weighted by Gasteiger charge is -2.08. The van der Waals surface area contributed by atoms with E-state index in [1.165, 1.54) is 0 Å². The van der Waals surface area contributed by atoms with Crippen molar-refractivity contribution < 1.29 is 9.90 Å². The van der Waals surface area contributed by atoms with Gasteiger partial charge in [-0.25, -0.2) is 0 Å². The van der Waals surface area contributed by atoms with Crippen LogP contribution in [0.5, 0.6) is 0 Å². The number of carbonyl (C=O) groups excluding carboxylic acids is 1. The Balaban J connectivity index is 1.59. The van der Waals surface area contributed by atoms with Gasteiger partial charge in [-0.1, -0.05) is 42.5 Å². The van der Waals surface area contributed by atoms with Gasteiger partial charge in [-0.15, -0.1) is 0 Å². The number of aromatic nitrogens is 1. The molecule has 1 amide bonds. The molecule has 0 radical (unpaired) electrons. The first-order chi connectivity index (χ1) is 11.1. The van der Waals surface area contributed by atoms with Crippen molar-refractivity contribution in [2.45, 2.75) is 26.0 Å². The highest BCUT2D eigenvalue weighted by Gasteiger charge is 2.08. The van der Waals surface area contributed by atoms with E-state index in [4.69, 9.17) is 0 Å². The van der Waals surface area contributed by atoms with Gasteiger partial charge in [-0.05, 0) is 29.7 Å². The number of fused-ring (bicyclic) bond motifs is 1. The van der Waals surface area contributed by atoms with Gasteiger partial charge in [0.1, 0.15) is 0 Å². The van der Waals surface area contributed by atoms with Gasteiger partial charge < -0.3 is 15.4 Å². The van der Waals surface area contributed by atoms with E-state index in [0.717, 1.165) is 27.6 Å². The van der Waals surface area contributed by atoms with Crippen molar-refractivity contribution in [1.29, 1.82) is 0 Å². The summed E-state index contributed by atoms with van der Waals surface area (Å²) in [7, 11) is 0. The van der Waals surface area contributed by atoms with E-state index in [-0.39, 0.29) is 5.91 Å². The Bertz CT molecular complexity index is 804. The Morgan fingerprint density at radius 3 is 2.65 bits per heavy atom. The molecule has 0 aliphatic carbocycles. The highest BCUT2D eigenvalue weighted by atomic mass is 16.3. The van der Waals surface area contributed by atoms with E-state index in [1.54, 1.807) is 6.92 Å². The summed E-state index contributed by atoms with van der Waals surface area (Å²) >= 11 is 0. The summed E-state index contributed by atoms with van der Waals surface area (Å²) in [5.74, 6) is -0.00523. The first-order valence-corrected chi connectivity index (χ1v) is 7.72. The second kappa shape index (κ2) is 6.67. The average Bonchev–Trinajstić information content (AvgIpc) is 2.96. The lowest BCUT2D eigenvalue weighted by Crippen LogP contribution is -2.24. The highest BCUT2D eigenvalue weighted by Crippen LogP contribution is 2.18. The Morgan fingerprint density at radius 2 is 1.91 bits per heavy atom. The van der Waals surface area contributed by atoms with Gasteiger partial charge in [0, 0.05) is 23.6 Å². The summed E-state index contributed by atoms with van der Waals surface area (Å²) in [4.78, 5) is 15.3. The lowest BCUT2D eigenvalue weighted by molar-refractivity contribution is -0.120. The van der Waals surface area contributed by atoms with Crippen LogP contribution in [0.25, 0.3) is 10.9 Å². The standard InChI is InChI=1S/C19H20N2O2/c1-13(22)15-8-6-14(7-9-15)11-21-19(23)10-16-12-20-18-5-3-2-4-17(16)18/h2-9,12-13,20,22H,10-11H2,1H3,(H,21,23)/t13-/m0/s1. The Hall–Kier alpha value is -2.59. The molecule has 3 N–H and O–H groups in total. The van der Waals surface area contributed by atoms with Crippen LogP contribution in [-0.4, -0.2) is 16.0 Å². The zero-order valence-electron chi connectivity index (χ0n) is 13.0. The molecule has 2 aromatic carbocycles. The number of benzene rings is 2. The zero-order chi connectivity index (χ0) is 16.2. The van der Waals surface area contributed by atoms with E-state index in [9.17, 15) is 9.90 Å². The van der Waals surface area contributed by atoms with Gasteiger partial charge in [0.05, 0.1) is 12.5 Å². The summed E-state index contributed by atoms with van der Waals surface area (Å²) in [6, 6.07) is 15.6. The van der Waals surface area contributed by atoms with E-state index < -0.39 is 6.10 Å². The number of hydrogen-bond acceptors (Lipinski definition) is 2. The van der Waals surface area contributed by atoms with Crippen molar-refractivity contribution in [2.75, 3.05) is 0 Å². The fraction of sp³-hybridized carbons (Fsp3) is 0.211. The Labute approximate surface area is 135 Å². The fourth-order valence-electron chi connectivity index (χ4n) is 2.63. The maximum absolute atomic E-state index is 12.1. The van der Waals surface area contributed by atoms with Gasteiger partial charge in [0.25, 0.3) is 0 Å². The molecule has 0 fully saturated rings. The SMILES string of the molecule is C[C@H](O)c1ccc(CNC(=O)Cc2c[nH]c3ccccc23)cc1. The van der Waals surface area contributed by atoms with Gasteiger partial charge in [-0.2, -0.15) is 0 Å². The smallest absolute Gasteiger partial charge is 0.224 e. The van der Waals surface area contributed by atoms with Crippen LogP contribution in [0.15, 0.2) is 54.7 Å². The minimum atomic E-state index is -0.472. The van der Waals surface area contributed by atoms with Crippen LogP contribution in [0.1, 0.15) is 29.7 Å². The van der Waals surface area contributed by atoms with Gasteiger partial charge in [0.2, 0.25) is 5.91 Å². The monoisotopic (exact) mass is 308 g/mol. The zero-order valence-corrected chi connectivity index (χ0v) is 13.0. The molecule has 1 atom stereocenters. The summed E-state index contributed by atoms with van der Waals surface area (Å²) in [6.45, 7) is 2.22. The van der Waals surface area contributed by atoms with Crippen LogP contribution in [0.3, 0.4) is 0 Å². The van der Waals surface area contributed by atoms with Crippen molar-refractivity contribution in [3.63, 3.8) is 0 Å². The topological polar surface area (TPSA) is 65.1 Å². The molecule has 1 aromatic heterocycles. The number of para-hydroxylation sites is 1.